The molecule has 1 heterocycles. The fourth-order valence-corrected chi connectivity index (χ4v) is 2.35. The SMILES string of the molecule is Cl.N[C@H](c1cccs1)c1cc(OC(F)(F)F)ccc1O. The summed E-state index contributed by atoms with van der Waals surface area (Å²) in [6.07, 6.45) is -4.78. The number of halogens is 4. The molecule has 3 N–H and O–H groups in total. The van der Waals surface area contributed by atoms with Gasteiger partial charge in [0.05, 0.1) is 6.04 Å². The number of phenols is 1. The Labute approximate surface area is 123 Å². The molecule has 0 bridgehead atoms. The van der Waals surface area contributed by atoms with Crippen LogP contribution in [0.4, 0.5) is 13.2 Å². The Morgan fingerprint density at radius 2 is 1.95 bits per heavy atom. The predicted molar refractivity (Wildman–Crippen MR) is 72.4 cm³/mol. The average molecular weight is 326 g/mol. The van der Waals surface area contributed by atoms with Gasteiger partial charge in [0, 0.05) is 10.4 Å². The summed E-state index contributed by atoms with van der Waals surface area (Å²) >= 11 is 1.35. The highest BCUT2D eigenvalue weighted by atomic mass is 35.5. The van der Waals surface area contributed by atoms with Crippen LogP contribution in [0.25, 0.3) is 0 Å². The number of hydrogen-bond donors (Lipinski definition) is 2. The molecule has 0 saturated heterocycles. The van der Waals surface area contributed by atoms with Gasteiger partial charge in [0.15, 0.2) is 0 Å². The number of ether oxygens (including phenoxy) is 1. The molecule has 0 aliphatic rings. The quantitative estimate of drug-likeness (QED) is 0.902. The first-order valence-electron chi connectivity index (χ1n) is 5.24. The van der Waals surface area contributed by atoms with Crippen LogP contribution in [-0.2, 0) is 0 Å². The van der Waals surface area contributed by atoms with Gasteiger partial charge in [-0.2, -0.15) is 0 Å². The molecule has 8 heteroatoms. The Morgan fingerprint density at radius 1 is 1.25 bits per heavy atom. The van der Waals surface area contributed by atoms with E-state index in [4.69, 9.17) is 5.73 Å². The number of thiophene rings is 1. The van der Waals surface area contributed by atoms with E-state index < -0.39 is 18.2 Å². The first-order valence-corrected chi connectivity index (χ1v) is 6.12. The first-order chi connectivity index (χ1) is 8.87. The third-order valence-corrected chi connectivity index (χ3v) is 3.37. The second-order valence-corrected chi connectivity index (χ2v) is 4.74. The lowest BCUT2D eigenvalue weighted by Gasteiger charge is -2.15. The molecule has 0 saturated carbocycles. The number of phenolic OH excluding ortho intramolecular Hbond substituents is 1. The van der Waals surface area contributed by atoms with Crippen molar-refractivity contribution in [2.75, 3.05) is 0 Å². The van der Waals surface area contributed by atoms with Gasteiger partial charge < -0.3 is 15.6 Å². The van der Waals surface area contributed by atoms with Crippen molar-refractivity contribution in [3.05, 3.63) is 46.2 Å². The van der Waals surface area contributed by atoms with Gasteiger partial charge in [-0.3, -0.25) is 0 Å². The molecule has 2 rings (SSSR count). The second-order valence-electron chi connectivity index (χ2n) is 3.76. The number of nitrogens with two attached hydrogens (primary N) is 1. The third kappa shape index (κ3) is 4.03. The number of alkyl halides is 3. The van der Waals surface area contributed by atoms with Crippen molar-refractivity contribution in [1.29, 1.82) is 0 Å². The zero-order chi connectivity index (χ0) is 14.0. The van der Waals surface area contributed by atoms with Crippen molar-refractivity contribution < 1.29 is 23.0 Å². The van der Waals surface area contributed by atoms with Crippen molar-refractivity contribution in [1.82, 2.24) is 0 Å². The van der Waals surface area contributed by atoms with Crippen LogP contribution >= 0.6 is 23.7 Å². The van der Waals surface area contributed by atoms with E-state index >= 15 is 0 Å². The molecule has 1 aromatic carbocycles. The molecule has 0 amide bonds. The minimum Gasteiger partial charge on any atom is -0.508 e. The minimum atomic E-state index is -4.78. The molecule has 0 aliphatic carbocycles. The number of hydrogen-bond acceptors (Lipinski definition) is 4. The van der Waals surface area contributed by atoms with Gasteiger partial charge in [-0.15, -0.1) is 36.9 Å². The van der Waals surface area contributed by atoms with Gasteiger partial charge in [0.25, 0.3) is 0 Å². The number of rotatable bonds is 3. The van der Waals surface area contributed by atoms with Crippen molar-refractivity contribution in [3.8, 4) is 11.5 Å². The summed E-state index contributed by atoms with van der Waals surface area (Å²) < 4.78 is 40.2. The molecule has 2 aromatic rings. The standard InChI is InChI=1S/C12H10F3NO2S.ClH/c13-12(14,15)18-7-3-4-9(17)8(6-7)11(16)10-2-1-5-19-10;/h1-6,11,17H,16H2;1H/t11-;/m0./s1. The Bertz CT molecular complexity index is 560. The topological polar surface area (TPSA) is 55.5 Å². The molecule has 0 aliphatic heterocycles. The molecule has 0 radical (unpaired) electrons. The summed E-state index contributed by atoms with van der Waals surface area (Å²) in [5, 5.41) is 11.5. The summed E-state index contributed by atoms with van der Waals surface area (Å²) in [5.74, 6) is -0.581. The molecule has 1 atom stereocenters. The van der Waals surface area contributed by atoms with Crippen LogP contribution in [0.2, 0.25) is 0 Å². The highest BCUT2D eigenvalue weighted by Crippen LogP contribution is 2.34. The fraction of sp³-hybridized carbons (Fsp3) is 0.167. The van der Waals surface area contributed by atoms with Gasteiger partial charge in [0.2, 0.25) is 0 Å². The van der Waals surface area contributed by atoms with Crippen LogP contribution < -0.4 is 10.5 Å². The molecule has 3 nitrogen and oxygen atoms in total. The normalized spacial score (nSPS) is 12.6. The summed E-state index contributed by atoms with van der Waals surface area (Å²) in [7, 11) is 0. The van der Waals surface area contributed by atoms with Gasteiger partial charge >= 0.3 is 6.36 Å². The fourth-order valence-electron chi connectivity index (χ4n) is 1.60. The Morgan fingerprint density at radius 3 is 2.50 bits per heavy atom. The second kappa shape index (κ2) is 6.34. The number of aromatic hydroxyl groups is 1. The van der Waals surface area contributed by atoms with E-state index in [-0.39, 0.29) is 23.7 Å². The Hall–Kier alpha value is -1.44. The van der Waals surface area contributed by atoms with Crippen LogP contribution in [0.5, 0.6) is 11.5 Å². The van der Waals surface area contributed by atoms with E-state index in [0.29, 0.717) is 0 Å². The highest BCUT2D eigenvalue weighted by molar-refractivity contribution is 7.10. The van der Waals surface area contributed by atoms with E-state index in [1.807, 2.05) is 0 Å². The molecular weight excluding hydrogens is 315 g/mol. The predicted octanol–water partition coefficient (Wildman–Crippen LogP) is 3.82. The first kappa shape index (κ1) is 16.6. The lowest BCUT2D eigenvalue weighted by atomic mass is 10.0. The molecule has 110 valence electrons. The smallest absolute Gasteiger partial charge is 0.508 e. The largest absolute Gasteiger partial charge is 0.573 e. The molecule has 0 unspecified atom stereocenters. The van der Waals surface area contributed by atoms with Crippen molar-refractivity contribution in [2.24, 2.45) is 5.73 Å². The van der Waals surface area contributed by atoms with E-state index in [2.05, 4.69) is 4.74 Å². The Balaban J connectivity index is 0.00000200. The van der Waals surface area contributed by atoms with E-state index in [0.717, 1.165) is 23.1 Å². The average Bonchev–Trinajstić information content (AvgIpc) is 2.82. The lowest BCUT2D eigenvalue weighted by Crippen LogP contribution is -2.18. The lowest BCUT2D eigenvalue weighted by molar-refractivity contribution is -0.274. The zero-order valence-electron chi connectivity index (χ0n) is 9.92. The summed E-state index contributed by atoms with van der Waals surface area (Å²) in [6, 6.07) is 6.07. The zero-order valence-corrected chi connectivity index (χ0v) is 11.6. The highest BCUT2D eigenvalue weighted by Gasteiger charge is 2.31. The molecule has 0 spiro atoms. The monoisotopic (exact) mass is 325 g/mol. The molecule has 0 fully saturated rings. The van der Waals surface area contributed by atoms with Gasteiger partial charge in [-0.1, -0.05) is 6.07 Å². The van der Waals surface area contributed by atoms with Crippen LogP contribution in [0, 0.1) is 0 Å². The van der Waals surface area contributed by atoms with Gasteiger partial charge in [-0.25, -0.2) is 0 Å². The molecule has 20 heavy (non-hydrogen) atoms. The third-order valence-electron chi connectivity index (χ3n) is 2.42. The summed E-state index contributed by atoms with van der Waals surface area (Å²) in [5.41, 5.74) is 6.09. The van der Waals surface area contributed by atoms with Crippen LogP contribution in [-0.4, -0.2) is 11.5 Å². The minimum absolute atomic E-state index is 0. The van der Waals surface area contributed by atoms with Crippen molar-refractivity contribution in [3.63, 3.8) is 0 Å². The van der Waals surface area contributed by atoms with Crippen LogP contribution in [0.15, 0.2) is 35.7 Å². The van der Waals surface area contributed by atoms with Crippen LogP contribution in [0.3, 0.4) is 0 Å². The van der Waals surface area contributed by atoms with Crippen molar-refractivity contribution in [2.45, 2.75) is 12.4 Å². The van der Waals surface area contributed by atoms with E-state index in [1.165, 1.54) is 11.3 Å². The maximum absolute atomic E-state index is 12.1. The maximum Gasteiger partial charge on any atom is 0.573 e. The van der Waals surface area contributed by atoms with Gasteiger partial charge in [0.1, 0.15) is 11.5 Å². The molecular formula is C12H11ClF3NO2S. The van der Waals surface area contributed by atoms with E-state index in [9.17, 15) is 18.3 Å². The van der Waals surface area contributed by atoms with Crippen molar-refractivity contribution >= 4 is 23.7 Å². The van der Waals surface area contributed by atoms with Crippen LogP contribution in [0.1, 0.15) is 16.5 Å². The summed E-state index contributed by atoms with van der Waals surface area (Å²) in [6.45, 7) is 0. The Kier molecular flexibility index (Phi) is 5.27. The van der Waals surface area contributed by atoms with Gasteiger partial charge in [-0.05, 0) is 29.6 Å². The maximum atomic E-state index is 12.1. The molecule has 1 aromatic heterocycles. The number of benzene rings is 1. The summed E-state index contributed by atoms with van der Waals surface area (Å²) in [4.78, 5) is 0.736. The van der Waals surface area contributed by atoms with E-state index in [1.54, 1.807) is 17.5 Å².